The first-order valence-corrected chi connectivity index (χ1v) is 5.38. The Kier molecular flexibility index (Phi) is 2.20. The number of benzene rings is 1. The second-order valence-corrected chi connectivity index (χ2v) is 3.89. The number of rotatable bonds is 2. The SMILES string of the molecule is N#CC(c1cc[nH]c1)c1coc2ccccc12. The predicted molar refractivity (Wildman–Crippen MR) is 64.5 cm³/mol. The fourth-order valence-electron chi connectivity index (χ4n) is 2.06. The van der Waals surface area contributed by atoms with Crippen LogP contribution >= 0.6 is 0 Å². The van der Waals surface area contributed by atoms with Crippen LogP contribution in [0.3, 0.4) is 0 Å². The largest absolute Gasteiger partial charge is 0.464 e. The Balaban J connectivity index is 2.18. The van der Waals surface area contributed by atoms with Gasteiger partial charge in [0.2, 0.25) is 0 Å². The molecule has 0 aliphatic rings. The Morgan fingerprint density at radius 1 is 1.24 bits per heavy atom. The van der Waals surface area contributed by atoms with Crippen molar-refractivity contribution in [2.75, 3.05) is 0 Å². The van der Waals surface area contributed by atoms with Gasteiger partial charge in [-0.05, 0) is 17.7 Å². The van der Waals surface area contributed by atoms with Crippen LogP contribution in [0.5, 0.6) is 0 Å². The van der Waals surface area contributed by atoms with Crippen LogP contribution in [0.25, 0.3) is 11.0 Å². The van der Waals surface area contributed by atoms with E-state index < -0.39 is 0 Å². The van der Waals surface area contributed by atoms with Crippen LogP contribution in [0.1, 0.15) is 17.0 Å². The van der Waals surface area contributed by atoms with Gasteiger partial charge < -0.3 is 9.40 Å². The minimum absolute atomic E-state index is 0.287. The molecule has 3 heteroatoms. The highest BCUT2D eigenvalue weighted by Gasteiger charge is 2.18. The highest BCUT2D eigenvalue weighted by Crippen LogP contribution is 2.31. The van der Waals surface area contributed by atoms with E-state index in [0.29, 0.717) is 0 Å². The van der Waals surface area contributed by atoms with Gasteiger partial charge >= 0.3 is 0 Å². The highest BCUT2D eigenvalue weighted by molar-refractivity contribution is 5.82. The molecule has 0 fully saturated rings. The summed E-state index contributed by atoms with van der Waals surface area (Å²) in [6, 6.07) is 12.0. The molecule has 3 aromatic rings. The minimum atomic E-state index is -0.287. The van der Waals surface area contributed by atoms with Crippen molar-refractivity contribution in [3.05, 3.63) is 60.1 Å². The zero-order valence-electron chi connectivity index (χ0n) is 9.05. The lowest BCUT2D eigenvalue weighted by molar-refractivity contribution is 0.610. The first-order valence-electron chi connectivity index (χ1n) is 5.38. The maximum atomic E-state index is 9.32. The van der Waals surface area contributed by atoms with Gasteiger partial charge in [0.05, 0.1) is 12.3 Å². The second kappa shape index (κ2) is 3.84. The van der Waals surface area contributed by atoms with E-state index in [2.05, 4.69) is 11.1 Å². The lowest BCUT2D eigenvalue weighted by atomic mass is 9.94. The standard InChI is InChI=1S/C14H10N2O/c15-7-12(10-5-6-16-8-10)13-9-17-14-4-2-1-3-11(13)14/h1-6,8-9,12,16H. The van der Waals surface area contributed by atoms with Crippen molar-refractivity contribution in [2.24, 2.45) is 0 Å². The predicted octanol–water partition coefficient (Wildman–Crippen LogP) is 3.42. The molecule has 0 aliphatic heterocycles. The quantitative estimate of drug-likeness (QED) is 0.722. The van der Waals surface area contributed by atoms with Crippen molar-refractivity contribution < 1.29 is 4.42 Å². The lowest BCUT2D eigenvalue weighted by Crippen LogP contribution is -1.95. The van der Waals surface area contributed by atoms with Crippen LogP contribution in [-0.2, 0) is 0 Å². The van der Waals surface area contributed by atoms with Crippen molar-refractivity contribution in [1.82, 2.24) is 4.98 Å². The number of aromatic amines is 1. The molecule has 82 valence electrons. The van der Waals surface area contributed by atoms with E-state index in [1.54, 1.807) is 6.26 Å². The topological polar surface area (TPSA) is 52.7 Å². The van der Waals surface area contributed by atoms with Crippen molar-refractivity contribution >= 4 is 11.0 Å². The van der Waals surface area contributed by atoms with Gasteiger partial charge in [-0.1, -0.05) is 18.2 Å². The lowest BCUT2D eigenvalue weighted by Gasteiger charge is -2.04. The van der Waals surface area contributed by atoms with Crippen LogP contribution in [0.4, 0.5) is 0 Å². The van der Waals surface area contributed by atoms with Gasteiger partial charge in [0.25, 0.3) is 0 Å². The average molecular weight is 222 g/mol. The third-order valence-corrected chi connectivity index (χ3v) is 2.91. The van der Waals surface area contributed by atoms with Crippen molar-refractivity contribution in [3.8, 4) is 6.07 Å². The molecule has 1 N–H and O–H groups in total. The first-order chi connectivity index (χ1) is 8.40. The van der Waals surface area contributed by atoms with Crippen LogP contribution in [-0.4, -0.2) is 4.98 Å². The molecule has 1 atom stereocenters. The summed E-state index contributed by atoms with van der Waals surface area (Å²) in [5.74, 6) is -0.287. The van der Waals surface area contributed by atoms with Crippen LogP contribution < -0.4 is 0 Å². The number of hydrogen-bond acceptors (Lipinski definition) is 2. The fourth-order valence-corrected chi connectivity index (χ4v) is 2.06. The Morgan fingerprint density at radius 2 is 2.12 bits per heavy atom. The van der Waals surface area contributed by atoms with E-state index >= 15 is 0 Å². The molecule has 0 saturated carbocycles. The summed E-state index contributed by atoms with van der Waals surface area (Å²) in [5.41, 5.74) is 2.69. The van der Waals surface area contributed by atoms with Crippen LogP contribution in [0, 0.1) is 11.3 Å². The molecule has 1 aromatic carbocycles. The monoisotopic (exact) mass is 222 g/mol. The van der Waals surface area contributed by atoms with Gasteiger partial charge in [0.15, 0.2) is 0 Å². The molecular weight excluding hydrogens is 212 g/mol. The van der Waals surface area contributed by atoms with E-state index in [4.69, 9.17) is 4.42 Å². The van der Waals surface area contributed by atoms with Crippen molar-refractivity contribution in [3.63, 3.8) is 0 Å². The molecular formula is C14H10N2O. The molecule has 2 heterocycles. The molecule has 17 heavy (non-hydrogen) atoms. The normalized spacial score (nSPS) is 12.4. The molecule has 0 saturated heterocycles. The summed E-state index contributed by atoms with van der Waals surface area (Å²) < 4.78 is 5.47. The summed E-state index contributed by atoms with van der Waals surface area (Å²) in [7, 11) is 0. The van der Waals surface area contributed by atoms with Gasteiger partial charge in [-0.3, -0.25) is 0 Å². The molecule has 3 nitrogen and oxygen atoms in total. The zero-order valence-corrected chi connectivity index (χ0v) is 9.05. The maximum absolute atomic E-state index is 9.32. The number of fused-ring (bicyclic) bond motifs is 1. The summed E-state index contributed by atoms with van der Waals surface area (Å²) in [4.78, 5) is 2.97. The number of H-pyrrole nitrogens is 1. The zero-order chi connectivity index (χ0) is 11.7. The molecule has 3 rings (SSSR count). The number of nitrogens with one attached hydrogen (secondary N) is 1. The number of nitriles is 1. The number of nitrogens with zero attached hydrogens (tertiary/aromatic N) is 1. The Hall–Kier alpha value is -2.47. The summed E-state index contributed by atoms with van der Waals surface area (Å²) in [6.45, 7) is 0. The summed E-state index contributed by atoms with van der Waals surface area (Å²) >= 11 is 0. The fraction of sp³-hybridized carbons (Fsp3) is 0.0714. The van der Waals surface area contributed by atoms with E-state index in [9.17, 15) is 5.26 Å². The van der Waals surface area contributed by atoms with Crippen LogP contribution in [0.2, 0.25) is 0 Å². The number of para-hydroxylation sites is 1. The van der Waals surface area contributed by atoms with E-state index in [0.717, 1.165) is 22.1 Å². The third-order valence-electron chi connectivity index (χ3n) is 2.91. The van der Waals surface area contributed by atoms with Gasteiger partial charge in [0, 0.05) is 23.3 Å². The van der Waals surface area contributed by atoms with Crippen molar-refractivity contribution in [2.45, 2.75) is 5.92 Å². The Labute approximate surface area is 98.3 Å². The molecule has 0 aliphatic carbocycles. The minimum Gasteiger partial charge on any atom is -0.464 e. The van der Waals surface area contributed by atoms with Gasteiger partial charge in [-0.15, -0.1) is 0 Å². The number of hydrogen-bond donors (Lipinski definition) is 1. The molecule has 1 unspecified atom stereocenters. The second-order valence-electron chi connectivity index (χ2n) is 3.89. The van der Waals surface area contributed by atoms with E-state index in [1.165, 1.54) is 0 Å². The Morgan fingerprint density at radius 3 is 2.88 bits per heavy atom. The van der Waals surface area contributed by atoms with Gasteiger partial charge in [0.1, 0.15) is 11.5 Å². The molecule has 0 bridgehead atoms. The summed E-state index contributed by atoms with van der Waals surface area (Å²) in [6.07, 6.45) is 5.34. The molecule has 0 amide bonds. The molecule has 2 aromatic heterocycles. The van der Waals surface area contributed by atoms with Crippen molar-refractivity contribution in [1.29, 1.82) is 5.26 Å². The van der Waals surface area contributed by atoms with Crippen LogP contribution in [0.15, 0.2) is 53.4 Å². The highest BCUT2D eigenvalue weighted by atomic mass is 16.3. The van der Waals surface area contributed by atoms with Gasteiger partial charge in [-0.25, -0.2) is 0 Å². The smallest absolute Gasteiger partial charge is 0.134 e. The Bertz CT molecular complexity index is 674. The van der Waals surface area contributed by atoms with Gasteiger partial charge in [-0.2, -0.15) is 5.26 Å². The number of aromatic nitrogens is 1. The molecule has 0 radical (unpaired) electrons. The number of furan rings is 1. The average Bonchev–Trinajstić information content (AvgIpc) is 3.01. The first kappa shape index (κ1) is 9.73. The third kappa shape index (κ3) is 1.51. The molecule has 0 spiro atoms. The van der Waals surface area contributed by atoms with E-state index in [-0.39, 0.29) is 5.92 Å². The summed E-state index contributed by atoms with van der Waals surface area (Å²) in [5, 5.41) is 10.3. The maximum Gasteiger partial charge on any atom is 0.134 e. The van der Waals surface area contributed by atoms with E-state index in [1.807, 2.05) is 42.7 Å².